The van der Waals surface area contributed by atoms with Gasteiger partial charge < -0.3 is 14.5 Å². The Morgan fingerprint density at radius 1 is 1.26 bits per heavy atom. The van der Waals surface area contributed by atoms with Crippen LogP contribution >= 0.6 is 0 Å². The first-order valence-electron chi connectivity index (χ1n) is 9.88. The molecule has 1 atom stereocenters. The van der Waals surface area contributed by atoms with Gasteiger partial charge in [-0.3, -0.25) is 4.99 Å². The molecule has 0 aliphatic carbocycles. The molecule has 0 saturated carbocycles. The molecule has 0 radical (unpaired) electrons. The summed E-state index contributed by atoms with van der Waals surface area (Å²) in [4.78, 5) is 21.2. The van der Waals surface area contributed by atoms with E-state index >= 15 is 0 Å². The molecule has 27 heavy (non-hydrogen) atoms. The van der Waals surface area contributed by atoms with E-state index in [4.69, 9.17) is 4.74 Å². The van der Waals surface area contributed by atoms with Gasteiger partial charge in [0.05, 0.1) is 0 Å². The number of hydrogen-bond acceptors (Lipinski definition) is 4. The van der Waals surface area contributed by atoms with Gasteiger partial charge in [-0.15, -0.1) is 0 Å². The molecule has 1 heterocycles. The van der Waals surface area contributed by atoms with Gasteiger partial charge in [0.2, 0.25) is 0 Å². The predicted molar refractivity (Wildman–Crippen MR) is 114 cm³/mol. The molecule has 1 aliphatic heterocycles. The van der Waals surface area contributed by atoms with Gasteiger partial charge in [0.15, 0.2) is 0 Å². The Morgan fingerprint density at radius 3 is 2.44 bits per heavy atom. The average Bonchev–Trinajstić information content (AvgIpc) is 2.57. The van der Waals surface area contributed by atoms with Gasteiger partial charge in [-0.25, -0.2) is 4.79 Å². The monoisotopic (exact) mass is 375 g/mol. The molecule has 0 bridgehead atoms. The summed E-state index contributed by atoms with van der Waals surface area (Å²) >= 11 is 0. The number of nitrogens with zero attached hydrogens (tertiary/aromatic N) is 3. The maximum atomic E-state index is 12.4. The first-order chi connectivity index (χ1) is 12.6. The zero-order chi connectivity index (χ0) is 20.6. The van der Waals surface area contributed by atoms with Crippen molar-refractivity contribution in [3.63, 3.8) is 0 Å². The Morgan fingerprint density at radius 2 is 1.93 bits per heavy atom. The molecular weight excluding hydrogens is 338 g/mol. The van der Waals surface area contributed by atoms with Crippen molar-refractivity contribution >= 4 is 11.8 Å². The normalized spacial score (nSPS) is 20.4. The third-order valence-corrected chi connectivity index (χ3v) is 4.45. The summed E-state index contributed by atoms with van der Waals surface area (Å²) in [5.74, 6) is 0. The number of aliphatic imine (C=N–C) groups is 1. The van der Waals surface area contributed by atoms with Crippen LogP contribution in [0.1, 0.15) is 61.8 Å². The summed E-state index contributed by atoms with van der Waals surface area (Å²) in [5, 5.41) is 0. The highest BCUT2D eigenvalue weighted by atomic mass is 16.6. The van der Waals surface area contributed by atoms with Crippen molar-refractivity contribution < 1.29 is 9.53 Å². The van der Waals surface area contributed by atoms with E-state index < -0.39 is 5.60 Å². The number of allylic oxidation sites excluding steroid dienone is 5. The lowest BCUT2D eigenvalue weighted by molar-refractivity contribution is 0.00495. The lowest BCUT2D eigenvalue weighted by Gasteiger charge is -2.42. The molecule has 1 amide bonds. The second kappa shape index (κ2) is 10.3. The second-order valence-electron chi connectivity index (χ2n) is 7.98. The lowest BCUT2D eigenvalue weighted by Crippen LogP contribution is -2.54. The number of carbonyl (C=O) groups excluding carboxylic acids is 1. The van der Waals surface area contributed by atoms with Gasteiger partial charge in [0.25, 0.3) is 0 Å². The molecule has 1 unspecified atom stereocenters. The molecule has 1 rings (SSSR count). The third-order valence-electron chi connectivity index (χ3n) is 4.45. The van der Waals surface area contributed by atoms with Crippen LogP contribution in [0.15, 0.2) is 40.7 Å². The van der Waals surface area contributed by atoms with Crippen LogP contribution in [0.2, 0.25) is 0 Å². The number of piperazine rings is 1. The van der Waals surface area contributed by atoms with Crippen LogP contribution in [0.25, 0.3) is 0 Å². The predicted octanol–water partition coefficient (Wildman–Crippen LogP) is 5.16. The topological polar surface area (TPSA) is 45.1 Å². The maximum absolute atomic E-state index is 12.4. The Labute approximate surface area is 165 Å². The van der Waals surface area contributed by atoms with E-state index in [2.05, 4.69) is 36.7 Å². The van der Waals surface area contributed by atoms with Crippen molar-refractivity contribution in [3.05, 3.63) is 35.7 Å². The summed E-state index contributed by atoms with van der Waals surface area (Å²) < 4.78 is 5.54. The van der Waals surface area contributed by atoms with Gasteiger partial charge >= 0.3 is 6.09 Å². The van der Waals surface area contributed by atoms with Crippen molar-refractivity contribution in [2.24, 2.45) is 4.99 Å². The molecule has 1 saturated heterocycles. The zero-order valence-electron chi connectivity index (χ0n) is 18.4. The number of hydrogen-bond donors (Lipinski definition) is 0. The SMILES string of the molecule is C\C=C/C(C(/C)=N/C=C/CC)=C(/C)N1CCN(C(=O)OC(C)(C)C)C(C)C1. The largest absolute Gasteiger partial charge is 0.444 e. The highest BCUT2D eigenvalue weighted by Crippen LogP contribution is 2.21. The van der Waals surface area contributed by atoms with Crippen LogP contribution < -0.4 is 0 Å². The minimum atomic E-state index is -0.470. The van der Waals surface area contributed by atoms with Crippen LogP contribution in [0.4, 0.5) is 4.79 Å². The minimum Gasteiger partial charge on any atom is -0.444 e. The highest BCUT2D eigenvalue weighted by Gasteiger charge is 2.31. The molecular formula is C22H37N3O2. The van der Waals surface area contributed by atoms with Crippen molar-refractivity contribution in [1.82, 2.24) is 9.80 Å². The van der Waals surface area contributed by atoms with Crippen LogP contribution in [0.5, 0.6) is 0 Å². The second-order valence-corrected chi connectivity index (χ2v) is 7.98. The Hall–Kier alpha value is -2.04. The quantitative estimate of drug-likeness (QED) is 0.492. The summed E-state index contributed by atoms with van der Waals surface area (Å²) in [6, 6.07) is 0.0904. The van der Waals surface area contributed by atoms with E-state index in [0.29, 0.717) is 6.54 Å². The van der Waals surface area contributed by atoms with Gasteiger partial charge in [-0.05, 0) is 54.9 Å². The van der Waals surface area contributed by atoms with E-state index in [1.165, 1.54) is 5.70 Å². The number of carbonyl (C=O) groups is 1. The Balaban J connectivity index is 2.96. The maximum Gasteiger partial charge on any atom is 0.410 e. The van der Waals surface area contributed by atoms with Gasteiger partial charge in [0, 0.05) is 48.9 Å². The van der Waals surface area contributed by atoms with Crippen LogP contribution in [-0.2, 0) is 4.74 Å². The van der Waals surface area contributed by atoms with E-state index in [1.54, 1.807) is 0 Å². The summed E-state index contributed by atoms with van der Waals surface area (Å²) in [6.45, 7) is 18.3. The van der Waals surface area contributed by atoms with E-state index in [0.717, 1.165) is 30.8 Å². The fourth-order valence-corrected chi connectivity index (χ4v) is 3.03. The molecule has 0 aromatic rings. The first-order valence-corrected chi connectivity index (χ1v) is 9.88. The van der Waals surface area contributed by atoms with Gasteiger partial charge in [-0.1, -0.05) is 25.2 Å². The minimum absolute atomic E-state index is 0.0904. The molecule has 1 aliphatic rings. The molecule has 0 N–H and O–H groups in total. The number of ether oxygens (including phenoxy) is 1. The fraction of sp³-hybridized carbons (Fsp3) is 0.636. The van der Waals surface area contributed by atoms with Crippen molar-refractivity contribution in [3.8, 4) is 0 Å². The molecule has 0 aromatic carbocycles. The highest BCUT2D eigenvalue weighted by molar-refractivity contribution is 6.01. The molecule has 5 heteroatoms. The molecule has 5 nitrogen and oxygen atoms in total. The molecule has 0 aromatic heterocycles. The zero-order valence-corrected chi connectivity index (χ0v) is 18.4. The van der Waals surface area contributed by atoms with Crippen LogP contribution in [0, 0.1) is 0 Å². The van der Waals surface area contributed by atoms with E-state index in [9.17, 15) is 4.79 Å². The summed E-state index contributed by atoms with van der Waals surface area (Å²) in [7, 11) is 0. The lowest BCUT2D eigenvalue weighted by atomic mass is 10.1. The van der Waals surface area contributed by atoms with Crippen LogP contribution in [0.3, 0.4) is 0 Å². The average molecular weight is 376 g/mol. The van der Waals surface area contributed by atoms with Gasteiger partial charge in [-0.2, -0.15) is 0 Å². The van der Waals surface area contributed by atoms with Crippen molar-refractivity contribution in [2.75, 3.05) is 19.6 Å². The summed E-state index contributed by atoms with van der Waals surface area (Å²) in [5.41, 5.74) is 2.85. The molecule has 0 spiro atoms. The standard InChI is InChI=1S/C22H37N3O2/c1-9-11-13-23-18(4)20(12-10-2)19(5)24-14-15-25(17(3)16-24)21(26)27-22(6,7)8/h10-13,17H,9,14-16H2,1-8H3/b12-10-,13-11+,20-19+,23-18+. The number of rotatable bonds is 5. The van der Waals surface area contributed by atoms with E-state index in [1.807, 2.05) is 57.9 Å². The smallest absolute Gasteiger partial charge is 0.410 e. The van der Waals surface area contributed by atoms with Crippen molar-refractivity contribution in [1.29, 1.82) is 0 Å². The Bertz CT molecular complexity index is 624. The number of amides is 1. The van der Waals surface area contributed by atoms with Crippen LogP contribution in [-0.4, -0.2) is 52.9 Å². The molecule has 152 valence electrons. The fourth-order valence-electron chi connectivity index (χ4n) is 3.03. The summed E-state index contributed by atoms with van der Waals surface area (Å²) in [6.07, 6.45) is 8.82. The van der Waals surface area contributed by atoms with Crippen molar-refractivity contribution in [2.45, 2.75) is 73.5 Å². The third kappa shape index (κ3) is 7.24. The molecule has 1 fully saturated rings. The first kappa shape index (κ1) is 23.0. The Kier molecular flexibility index (Phi) is 8.80. The van der Waals surface area contributed by atoms with E-state index in [-0.39, 0.29) is 12.1 Å². The van der Waals surface area contributed by atoms with Gasteiger partial charge in [0.1, 0.15) is 5.60 Å².